The molecule has 0 saturated carbocycles. The Morgan fingerprint density at radius 3 is 2.53 bits per heavy atom. The van der Waals surface area contributed by atoms with E-state index in [2.05, 4.69) is 35.7 Å². The first-order chi connectivity index (χ1) is 8.06. The fraction of sp³-hybridized carbons (Fsp3) is 0.750. The van der Waals surface area contributed by atoms with Crippen molar-refractivity contribution in [1.29, 1.82) is 0 Å². The van der Waals surface area contributed by atoms with Crippen LogP contribution in [-0.2, 0) is 6.54 Å². The Balaban J connectivity index is 2.05. The Morgan fingerprint density at radius 1 is 1.29 bits per heavy atom. The number of aromatic nitrogens is 1. The summed E-state index contributed by atoms with van der Waals surface area (Å²) in [5.74, 6) is 0.399. The predicted octanol–water partition coefficient (Wildman–Crippen LogP) is 1.31. The molecule has 1 aliphatic rings. The van der Waals surface area contributed by atoms with Gasteiger partial charge in [0.25, 0.3) is 0 Å². The van der Waals surface area contributed by atoms with Crippen LogP contribution in [0.2, 0.25) is 0 Å². The Morgan fingerprint density at radius 2 is 1.94 bits per heavy atom. The lowest BCUT2D eigenvalue weighted by Crippen LogP contribution is -2.43. The Kier molecular flexibility index (Phi) is 4.01. The van der Waals surface area contributed by atoms with Crippen LogP contribution in [0.1, 0.15) is 30.3 Å². The number of H-pyrrole nitrogens is 1. The molecule has 2 heterocycles. The first kappa shape index (κ1) is 12.8. The highest BCUT2D eigenvalue weighted by atomic mass is 32.1. The molecule has 2 rings (SSSR count). The van der Waals surface area contributed by atoms with E-state index in [0.717, 1.165) is 38.4 Å². The molecule has 0 amide bonds. The number of thiazole rings is 1. The highest BCUT2D eigenvalue weighted by molar-refractivity contribution is 7.09. The lowest BCUT2D eigenvalue weighted by atomic mass is 10.1. The molecule has 0 aromatic carbocycles. The Labute approximate surface area is 106 Å². The van der Waals surface area contributed by atoms with E-state index in [1.165, 1.54) is 16.2 Å². The predicted molar refractivity (Wildman–Crippen MR) is 71.8 cm³/mol. The number of piperazine rings is 1. The lowest BCUT2D eigenvalue weighted by molar-refractivity contribution is 0.149. The minimum absolute atomic E-state index is 0.0813. The molecule has 0 atom stereocenters. The second-order valence-electron chi connectivity index (χ2n) is 5.09. The number of nitrogens with zero attached hydrogens (tertiary/aromatic N) is 2. The smallest absolute Gasteiger partial charge is 0.304 e. The molecule has 0 spiro atoms. The van der Waals surface area contributed by atoms with Gasteiger partial charge >= 0.3 is 4.87 Å². The molecule has 1 aromatic rings. The van der Waals surface area contributed by atoms with Gasteiger partial charge in [0.1, 0.15) is 0 Å². The third-order valence-corrected chi connectivity index (χ3v) is 4.18. The molecule has 1 aliphatic heterocycles. The Hall–Kier alpha value is -0.650. The van der Waals surface area contributed by atoms with Crippen LogP contribution in [0.25, 0.3) is 0 Å². The molecule has 4 nitrogen and oxygen atoms in total. The second kappa shape index (κ2) is 5.33. The van der Waals surface area contributed by atoms with Crippen molar-refractivity contribution in [1.82, 2.24) is 14.8 Å². The number of nitrogens with one attached hydrogen (secondary N) is 1. The monoisotopic (exact) mass is 255 g/mol. The van der Waals surface area contributed by atoms with Crippen LogP contribution in [0.4, 0.5) is 0 Å². The lowest BCUT2D eigenvalue weighted by Gasteiger charge is -2.32. The molecule has 0 bridgehead atoms. The molecule has 1 saturated heterocycles. The Bertz CT molecular complexity index is 416. The quantitative estimate of drug-likeness (QED) is 0.885. The maximum atomic E-state index is 11.4. The minimum atomic E-state index is 0.0813. The summed E-state index contributed by atoms with van der Waals surface area (Å²) in [4.78, 5) is 20.5. The molecule has 1 aromatic heterocycles. The average Bonchev–Trinajstić information content (AvgIpc) is 2.63. The first-order valence-corrected chi connectivity index (χ1v) is 7.00. The van der Waals surface area contributed by atoms with Crippen molar-refractivity contribution in [3.63, 3.8) is 0 Å². The maximum absolute atomic E-state index is 11.4. The van der Waals surface area contributed by atoms with E-state index in [-0.39, 0.29) is 4.87 Å². The van der Waals surface area contributed by atoms with Gasteiger partial charge in [-0.2, -0.15) is 0 Å². The van der Waals surface area contributed by atoms with E-state index in [1.807, 2.05) is 0 Å². The van der Waals surface area contributed by atoms with Crippen molar-refractivity contribution in [3.05, 3.63) is 20.2 Å². The molecule has 0 aliphatic carbocycles. The number of rotatable bonds is 3. The van der Waals surface area contributed by atoms with Gasteiger partial charge in [0, 0.05) is 43.3 Å². The molecular weight excluding hydrogens is 234 g/mol. The number of hydrogen-bond donors (Lipinski definition) is 1. The number of aromatic amines is 1. The summed E-state index contributed by atoms with van der Waals surface area (Å²) in [6.45, 7) is 9.62. The minimum Gasteiger partial charge on any atom is -0.316 e. The summed E-state index contributed by atoms with van der Waals surface area (Å²) in [7, 11) is 2.16. The second-order valence-corrected chi connectivity index (χ2v) is 6.15. The van der Waals surface area contributed by atoms with Crippen molar-refractivity contribution >= 4 is 11.3 Å². The van der Waals surface area contributed by atoms with Crippen molar-refractivity contribution < 1.29 is 0 Å². The third-order valence-electron chi connectivity index (χ3n) is 3.29. The zero-order valence-corrected chi connectivity index (χ0v) is 11.6. The van der Waals surface area contributed by atoms with Gasteiger partial charge in [-0.25, -0.2) is 0 Å². The molecule has 17 heavy (non-hydrogen) atoms. The normalized spacial score (nSPS) is 19.1. The zero-order chi connectivity index (χ0) is 12.4. The van der Waals surface area contributed by atoms with E-state index in [4.69, 9.17) is 0 Å². The van der Waals surface area contributed by atoms with Crippen molar-refractivity contribution in [2.75, 3.05) is 33.2 Å². The highest BCUT2D eigenvalue weighted by Crippen LogP contribution is 2.21. The molecule has 96 valence electrons. The van der Waals surface area contributed by atoms with Gasteiger partial charge in [-0.05, 0) is 13.0 Å². The average molecular weight is 255 g/mol. The number of hydrogen-bond acceptors (Lipinski definition) is 4. The standard InChI is InChI=1S/C12H21N3OS/c1-9(2)11-10(17-12(16)13-11)8-15-6-4-14(3)5-7-15/h9H,4-8H2,1-3H3,(H,13,16). The summed E-state index contributed by atoms with van der Waals surface area (Å²) in [6, 6.07) is 0. The first-order valence-electron chi connectivity index (χ1n) is 6.19. The van der Waals surface area contributed by atoms with Crippen LogP contribution in [0.15, 0.2) is 4.79 Å². The SMILES string of the molecule is CC(C)c1[nH]c(=O)sc1CN1CCN(C)CC1. The summed E-state index contributed by atoms with van der Waals surface area (Å²) >= 11 is 1.37. The summed E-state index contributed by atoms with van der Waals surface area (Å²) in [5.41, 5.74) is 1.12. The van der Waals surface area contributed by atoms with E-state index >= 15 is 0 Å². The fourth-order valence-electron chi connectivity index (χ4n) is 2.16. The van der Waals surface area contributed by atoms with Crippen molar-refractivity contribution in [3.8, 4) is 0 Å². The van der Waals surface area contributed by atoms with Crippen LogP contribution < -0.4 is 4.87 Å². The molecule has 0 unspecified atom stereocenters. The van der Waals surface area contributed by atoms with Crippen LogP contribution >= 0.6 is 11.3 Å². The molecular formula is C12H21N3OS. The highest BCUT2D eigenvalue weighted by Gasteiger charge is 2.18. The molecule has 1 fully saturated rings. The van der Waals surface area contributed by atoms with Gasteiger partial charge in [0.15, 0.2) is 0 Å². The van der Waals surface area contributed by atoms with Crippen molar-refractivity contribution in [2.24, 2.45) is 0 Å². The van der Waals surface area contributed by atoms with Gasteiger partial charge in [-0.3, -0.25) is 9.69 Å². The zero-order valence-electron chi connectivity index (χ0n) is 10.8. The van der Waals surface area contributed by atoms with Crippen LogP contribution in [0, 0.1) is 0 Å². The molecule has 1 N–H and O–H groups in total. The van der Waals surface area contributed by atoms with Gasteiger partial charge in [-0.15, -0.1) is 0 Å². The van der Waals surface area contributed by atoms with Crippen molar-refractivity contribution in [2.45, 2.75) is 26.3 Å². The van der Waals surface area contributed by atoms with Gasteiger partial charge < -0.3 is 9.88 Å². The number of likely N-dealkylation sites (N-methyl/N-ethyl adjacent to an activating group) is 1. The van der Waals surface area contributed by atoms with Crippen LogP contribution in [0.3, 0.4) is 0 Å². The van der Waals surface area contributed by atoms with Gasteiger partial charge in [0.05, 0.1) is 0 Å². The largest absolute Gasteiger partial charge is 0.316 e. The van der Waals surface area contributed by atoms with E-state index in [0.29, 0.717) is 5.92 Å². The topological polar surface area (TPSA) is 39.3 Å². The third kappa shape index (κ3) is 3.18. The fourth-order valence-corrected chi connectivity index (χ4v) is 3.19. The summed E-state index contributed by atoms with van der Waals surface area (Å²) < 4.78 is 0. The van der Waals surface area contributed by atoms with E-state index in [1.54, 1.807) is 0 Å². The van der Waals surface area contributed by atoms with Crippen LogP contribution in [-0.4, -0.2) is 48.0 Å². The van der Waals surface area contributed by atoms with E-state index in [9.17, 15) is 4.79 Å². The molecule has 5 heteroatoms. The van der Waals surface area contributed by atoms with Gasteiger partial charge in [-0.1, -0.05) is 25.2 Å². The van der Waals surface area contributed by atoms with Gasteiger partial charge in [0.2, 0.25) is 0 Å². The van der Waals surface area contributed by atoms with E-state index < -0.39 is 0 Å². The summed E-state index contributed by atoms with van der Waals surface area (Å²) in [6.07, 6.45) is 0. The summed E-state index contributed by atoms with van der Waals surface area (Å²) in [5, 5.41) is 0. The maximum Gasteiger partial charge on any atom is 0.304 e. The van der Waals surface area contributed by atoms with Crippen LogP contribution in [0.5, 0.6) is 0 Å². The molecule has 0 radical (unpaired) electrons.